The first-order valence-corrected chi connectivity index (χ1v) is 6.65. The van der Waals surface area contributed by atoms with Crippen LogP contribution in [-0.2, 0) is 6.67 Å². The van der Waals surface area contributed by atoms with Crippen molar-refractivity contribution in [2.45, 2.75) is 13.6 Å². The van der Waals surface area contributed by atoms with Crippen molar-refractivity contribution in [2.24, 2.45) is 0 Å². The lowest BCUT2D eigenvalue weighted by Crippen LogP contribution is -2.09. The SMILES string of the molecule is Cc1nn(Cn2cc3ccccc3n2)c2ccccc12. The Morgan fingerprint density at radius 2 is 1.75 bits per heavy atom. The van der Waals surface area contributed by atoms with E-state index in [1.54, 1.807) is 0 Å². The van der Waals surface area contributed by atoms with Gasteiger partial charge in [0.15, 0.2) is 0 Å². The maximum atomic E-state index is 4.61. The molecular weight excluding hydrogens is 248 g/mol. The molecule has 0 N–H and O–H groups in total. The third-order valence-electron chi connectivity index (χ3n) is 3.58. The highest BCUT2D eigenvalue weighted by atomic mass is 15.4. The Bertz CT molecular complexity index is 868. The highest BCUT2D eigenvalue weighted by molar-refractivity contribution is 5.81. The van der Waals surface area contributed by atoms with Gasteiger partial charge in [0.2, 0.25) is 0 Å². The summed E-state index contributed by atoms with van der Waals surface area (Å²) in [4.78, 5) is 0. The molecule has 2 aromatic heterocycles. The minimum atomic E-state index is 0.628. The Morgan fingerprint density at radius 3 is 2.65 bits per heavy atom. The third-order valence-corrected chi connectivity index (χ3v) is 3.58. The summed E-state index contributed by atoms with van der Waals surface area (Å²) in [5, 5.41) is 11.5. The minimum absolute atomic E-state index is 0.628. The first kappa shape index (κ1) is 11.2. The second-order valence-corrected chi connectivity index (χ2v) is 4.97. The molecule has 98 valence electrons. The van der Waals surface area contributed by atoms with Crippen LogP contribution in [0.4, 0.5) is 0 Å². The fourth-order valence-corrected chi connectivity index (χ4v) is 2.63. The highest BCUT2D eigenvalue weighted by Gasteiger charge is 2.07. The maximum absolute atomic E-state index is 4.61. The molecule has 2 heterocycles. The van der Waals surface area contributed by atoms with Crippen molar-refractivity contribution in [2.75, 3.05) is 0 Å². The third kappa shape index (κ3) is 1.69. The van der Waals surface area contributed by atoms with Crippen molar-refractivity contribution in [3.05, 3.63) is 60.4 Å². The zero-order valence-corrected chi connectivity index (χ0v) is 11.2. The number of fused-ring (bicyclic) bond motifs is 2. The summed E-state index contributed by atoms with van der Waals surface area (Å²) in [6.45, 7) is 2.67. The molecule has 0 aliphatic carbocycles. The van der Waals surface area contributed by atoms with Crippen LogP contribution in [0.15, 0.2) is 54.7 Å². The normalized spacial score (nSPS) is 11.4. The van der Waals surface area contributed by atoms with Crippen LogP contribution < -0.4 is 0 Å². The molecule has 0 bridgehead atoms. The lowest BCUT2D eigenvalue weighted by molar-refractivity contribution is 0.517. The van der Waals surface area contributed by atoms with E-state index >= 15 is 0 Å². The van der Waals surface area contributed by atoms with E-state index in [0.717, 1.165) is 22.1 Å². The van der Waals surface area contributed by atoms with E-state index in [9.17, 15) is 0 Å². The van der Waals surface area contributed by atoms with E-state index in [4.69, 9.17) is 0 Å². The van der Waals surface area contributed by atoms with E-state index in [2.05, 4.69) is 34.6 Å². The Labute approximate surface area is 116 Å². The lowest BCUT2D eigenvalue weighted by atomic mass is 10.2. The molecule has 0 unspecified atom stereocenters. The number of aryl methyl sites for hydroxylation is 1. The quantitative estimate of drug-likeness (QED) is 0.556. The predicted molar refractivity (Wildman–Crippen MR) is 79.6 cm³/mol. The number of para-hydroxylation sites is 1. The zero-order chi connectivity index (χ0) is 13.5. The van der Waals surface area contributed by atoms with Crippen LogP contribution in [0, 0.1) is 6.92 Å². The number of hydrogen-bond donors (Lipinski definition) is 0. The average molecular weight is 262 g/mol. The fraction of sp³-hybridized carbons (Fsp3) is 0.125. The standard InChI is InChI=1S/C16H14N4/c1-12-14-7-3-5-9-16(14)20(17-12)11-19-10-13-6-2-4-8-15(13)18-19/h2-10H,11H2,1H3. The summed E-state index contributed by atoms with van der Waals surface area (Å²) in [5.41, 5.74) is 3.21. The van der Waals surface area contributed by atoms with Gasteiger partial charge in [-0.3, -0.25) is 0 Å². The van der Waals surface area contributed by atoms with Crippen molar-refractivity contribution < 1.29 is 0 Å². The molecule has 4 heteroatoms. The zero-order valence-electron chi connectivity index (χ0n) is 11.2. The van der Waals surface area contributed by atoms with Crippen molar-refractivity contribution >= 4 is 21.8 Å². The van der Waals surface area contributed by atoms with Gasteiger partial charge in [0.1, 0.15) is 6.67 Å². The smallest absolute Gasteiger partial charge is 0.133 e. The summed E-state index contributed by atoms with van der Waals surface area (Å²) in [7, 11) is 0. The van der Waals surface area contributed by atoms with Crippen molar-refractivity contribution in [3.8, 4) is 0 Å². The van der Waals surface area contributed by atoms with Gasteiger partial charge in [-0.1, -0.05) is 36.4 Å². The van der Waals surface area contributed by atoms with Gasteiger partial charge < -0.3 is 0 Å². The summed E-state index contributed by atoms with van der Waals surface area (Å²) >= 11 is 0. The van der Waals surface area contributed by atoms with Crippen LogP contribution in [0.5, 0.6) is 0 Å². The topological polar surface area (TPSA) is 35.6 Å². The Kier molecular flexibility index (Phi) is 2.36. The van der Waals surface area contributed by atoms with Crippen LogP contribution in [0.2, 0.25) is 0 Å². The Morgan fingerprint density at radius 1 is 0.950 bits per heavy atom. The van der Waals surface area contributed by atoms with Crippen LogP contribution in [0.1, 0.15) is 5.69 Å². The van der Waals surface area contributed by atoms with Crippen LogP contribution in [-0.4, -0.2) is 19.6 Å². The lowest BCUT2D eigenvalue weighted by Gasteiger charge is -2.03. The summed E-state index contributed by atoms with van der Waals surface area (Å²) in [6, 6.07) is 16.4. The highest BCUT2D eigenvalue weighted by Crippen LogP contribution is 2.18. The summed E-state index contributed by atoms with van der Waals surface area (Å²) < 4.78 is 3.93. The molecular formula is C16H14N4. The average Bonchev–Trinajstić information content (AvgIpc) is 3.01. The molecule has 0 aliphatic rings. The molecule has 0 aliphatic heterocycles. The molecule has 2 aromatic carbocycles. The van der Waals surface area contributed by atoms with E-state index < -0.39 is 0 Å². The summed E-state index contributed by atoms with van der Waals surface area (Å²) in [6.07, 6.45) is 2.06. The largest absolute Gasteiger partial charge is 0.250 e. The van der Waals surface area contributed by atoms with Crippen LogP contribution >= 0.6 is 0 Å². The molecule has 0 spiro atoms. The summed E-state index contributed by atoms with van der Waals surface area (Å²) in [5.74, 6) is 0. The second kappa shape index (κ2) is 4.20. The molecule has 0 amide bonds. The van der Waals surface area contributed by atoms with Gasteiger partial charge in [-0.05, 0) is 19.1 Å². The molecule has 0 fully saturated rings. The molecule has 0 atom stereocenters. The second-order valence-electron chi connectivity index (χ2n) is 4.97. The van der Waals surface area contributed by atoms with Crippen molar-refractivity contribution in [1.82, 2.24) is 19.6 Å². The molecule has 4 aromatic rings. The van der Waals surface area contributed by atoms with E-state index in [1.807, 2.05) is 46.6 Å². The number of benzene rings is 2. The molecule has 0 radical (unpaired) electrons. The van der Waals surface area contributed by atoms with Gasteiger partial charge in [0.05, 0.1) is 16.7 Å². The Hall–Kier alpha value is -2.62. The van der Waals surface area contributed by atoms with Gasteiger partial charge in [-0.15, -0.1) is 0 Å². The van der Waals surface area contributed by atoms with E-state index in [1.165, 1.54) is 5.39 Å². The van der Waals surface area contributed by atoms with Gasteiger partial charge in [-0.2, -0.15) is 10.2 Å². The van der Waals surface area contributed by atoms with Gasteiger partial charge >= 0.3 is 0 Å². The van der Waals surface area contributed by atoms with Gasteiger partial charge in [0.25, 0.3) is 0 Å². The first-order chi connectivity index (χ1) is 9.81. The molecule has 4 nitrogen and oxygen atoms in total. The van der Waals surface area contributed by atoms with E-state index in [-0.39, 0.29) is 0 Å². The first-order valence-electron chi connectivity index (χ1n) is 6.65. The number of rotatable bonds is 2. The number of hydrogen-bond acceptors (Lipinski definition) is 2. The molecule has 0 saturated carbocycles. The minimum Gasteiger partial charge on any atom is -0.250 e. The van der Waals surface area contributed by atoms with Crippen LogP contribution in [0.25, 0.3) is 21.8 Å². The predicted octanol–water partition coefficient (Wildman–Crippen LogP) is 3.20. The Balaban J connectivity index is 1.80. The van der Waals surface area contributed by atoms with Crippen molar-refractivity contribution in [3.63, 3.8) is 0 Å². The van der Waals surface area contributed by atoms with Crippen LogP contribution in [0.3, 0.4) is 0 Å². The molecule has 20 heavy (non-hydrogen) atoms. The maximum Gasteiger partial charge on any atom is 0.133 e. The fourth-order valence-electron chi connectivity index (χ4n) is 2.63. The molecule has 4 rings (SSSR count). The van der Waals surface area contributed by atoms with Crippen molar-refractivity contribution in [1.29, 1.82) is 0 Å². The number of nitrogens with zero attached hydrogens (tertiary/aromatic N) is 4. The van der Waals surface area contributed by atoms with Gasteiger partial charge in [0, 0.05) is 17.0 Å². The molecule has 0 saturated heterocycles. The van der Waals surface area contributed by atoms with E-state index in [0.29, 0.717) is 6.67 Å². The number of aromatic nitrogens is 4. The van der Waals surface area contributed by atoms with Gasteiger partial charge in [-0.25, -0.2) is 9.36 Å². The monoisotopic (exact) mass is 262 g/mol.